The fraction of sp³-hybridized carbons (Fsp3) is 0.280. The molecule has 0 saturated heterocycles. The summed E-state index contributed by atoms with van der Waals surface area (Å²) in [5, 5.41) is 17.1. The Balaban J connectivity index is 1.70. The van der Waals surface area contributed by atoms with Gasteiger partial charge in [0.15, 0.2) is 18.1 Å². The first-order chi connectivity index (χ1) is 15.9. The number of nitriles is 1. The molecule has 0 bridgehead atoms. The molecule has 0 radical (unpaired) electrons. The Morgan fingerprint density at radius 2 is 1.91 bits per heavy atom. The number of benzene rings is 2. The number of aryl methyl sites for hydroxylation is 1. The summed E-state index contributed by atoms with van der Waals surface area (Å²) in [6, 6.07) is 14.8. The average molecular weight is 447 g/mol. The van der Waals surface area contributed by atoms with Crippen LogP contribution in [0.3, 0.4) is 0 Å². The minimum absolute atomic E-state index is 0.174. The third-order valence-electron chi connectivity index (χ3n) is 4.83. The number of nitrogens with zero attached hydrogens (tertiary/aromatic N) is 3. The first kappa shape index (κ1) is 23.5. The van der Waals surface area contributed by atoms with Gasteiger partial charge in [-0.05, 0) is 56.7 Å². The van der Waals surface area contributed by atoms with E-state index in [1.54, 1.807) is 31.2 Å². The molecule has 0 atom stereocenters. The normalized spacial score (nSPS) is 14.1. The van der Waals surface area contributed by atoms with Gasteiger partial charge in [0.1, 0.15) is 0 Å². The average Bonchev–Trinajstić information content (AvgIpc) is 3.06. The predicted octanol–water partition coefficient (Wildman–Crippen LogP) is 3.93. The minimum atomic E-state index is -0.284. The van der Waals surface area contributed by atoms with Gasteiger partial charge < -0.3 is 14.8 Å². The van der Waals surface area contributed by atoms with E-state index in [-0.39, 0.29) is 31.4 Å². The van der Waals surface area contributed by atoms with E-state index in [9.17, 15) is 9.59 Å². The number of ether oxygens (including phenoxy) is 2. The van der Waals surface area contributed by atoms with E-state index in [0.717, 1.165) is 11.1 Å². The molecule has 1 heterocycles. The van der Waals surface area contributed by atoms with Crippen molar-refractivity contribution in [2.45, 2.75) is 27.2 Å². The highest BCUT2D eigenvalue weighted by molar-refractivity contribution is 6.26. The van der Waals surface area contributed by atoms with Crippen molar-refractivity contribution in [3.8, 4) is 17.6 Å². The second-order valence-corrected chi connectivity index (χ2v) is 7.42. The van der Waals surface area contributed by atoms with Crippen LogP contribution in [0.1, 0.15) is 31.4 Å². The second kappa shape index (κ2) is 11.0. The van der Waals surface area contributed by atoms with Gasteiger partial charge in [0, 0.05) is 5.69 Å². The van der Waals surface area contributed by atoms with Crippen LogP contribution in [0.4, 0.5) is 5.69 Å². The van der Waals surface area contributed by atoms with Crippen LogP contribution in [-0.2, 0) is 9.59 Å². The Morgan fingerprint density at radius 1 is 1.15 bits per heavy atom. The Labute approximate surface area is 193 Å². The summed E-state index contributed by atoms with van der Waals surface area (Å²) in [6.45, 7) is 6.07. The molecule has 2 aromatic carbocycles. The monoisotopic (exact) mass is 446 g/mol. The maximum Gasteiger partial charge on any atom is 0.275 e. The first-order valence-corrected chi connectivity index (χ1v) is 10.6. The van der Waals surface area contributed by atoms with Crippen LogP contribution in [0.2, 0.25) is 0 Å². The lowest BCUT2D eigenvalue weighted by Gasteiger charge is -2.13. The molecular weight excluding hydrogens is 420 g/mol. The number of carbonyl (C=O) groups excluding carboxylic acids is 2. The molecule has 0 fully saturated rings. The highest BCUT2D eigenvalue weighted by atomic mass is 16.5. The van der Waals surface area contributed by atoms with E-state index in [1.807, 2.05) is 44.2 Å². The zero-order valence-corrected chi connectivity index (χ0v) is 18.9. The molecule has 0 unspecified atom stereocenters. The van der Waals surface area contributed by atoms with Crippen molar-refractivity contribution in [1.82, 2.24) is 5.01 Å². The molecule has 170 valence electrons. The van der Waals surface area contributed by atoms with Crippen LogP contribution in [0.15, 0.2) is 53.1 Å². The topological polar surface area (TPSA) is 104 Å². The number of hydrazone groups is 1. The molecule has 8 heteroatoms. The highest BCUT2D eigenvalue weighted by Crippen LogP contribution is 2.30. The molecule has 0 aromatic heterocycles. The molecule has 0 spiro atoms. The summed E-state index contributed by atoms with van der Waals surface area (Å²) in [7, 11) is 0. The van der Waals surface area contributed by atoms with Gasteiger partial charge in [0.25, 0.3) is 11.8 Å². The Morgan fingerprint density at radius 3 is 2.61 bits per heavy atom. The number of amides is 2. The fourth-order valence-corrected chi connectivity index (χ4v) is 3.19. The fourth-order valence-electron chi connectivity index (χ4n) is 3.19. The van der Waals surface area contributed by atoms with Crippen LogP contribution >= 0.6 is 0 Å². The van der Waals surface area contributed by atoms with E-state index in [2.05, 4.69) is 10.4 Å². The summed E-state index contributed by atoms with van der Waals surface area (Å²) in [6.07, 6.45) is 1.94. The summed E-state index contributed by atoms with van der Waals surface area (Å²) < 4.78 is 11.4. The number of anilines is 1. The summed E-state index contributed by atoms with van der Waals surface area (Å²) in [4.78, 5) is 24.8. The number of hydrogen-bond acceptors (Lipinski definition) is 6. The summed E-state index contributed by atoms with van der Waals surface area (Å²) >= 11 is 0. The number of nitrogens with one attached hydrogen (secondary N) is 1. The van der Waals surface area contributed by atoms with Crippen molar-refractivity contribution in [3.05, 3.63) is 59.2 Å². The molecule has 2 aromatic rings. The third-order valence-corrected chi connectivity index (χ3v) is 4.83. The van der Waals surface area contributed by atoms with Crippen LogP contribution in [0.25, 0.3) is 6.08 Å². The summed E-state index contributed by atoms with van der Waals surface area (Å²) in [5.41, 5.74) is 3.58. The van der Waals surface area contributed by atoms with E-state index < -0.39 is 0 Å². The van der Waals surface area contributed by atoms with Crippen molar-refractivity contribution in [2.24, 2.45) is 5.10 Å². The second-order valence-electron chi connectivity index (χ2n) is 7.42. The molecule has 2 amide bonds. The molecular formula is C25H26N4O4. The predicted molar refractivity (Wildman–Crippen MR) is 126 cm³/mol. The van der Waals surface area contributed by atoms with Crippen LogP contribution < -0.4 is 14.8 Å². The van der Waals surface area contributed by atoms with Gasteiger partial charge in [0.05, 0.1) is 36.9 Å². The van der Waals surface area contributed by atoms with Gasteiger partial charge in [0.2, 0.25) is 0 Å². The molecule has 3 rings (SSSR count). The molecule has 1 aliphatic heterocycles. The number of hydrogen-bond donors (Lipinski definition) is 1. The quantitative estimate of drug-likeness (QED) is 0.588. The first-order valence-electron chi connectivity index (χ1n) is 10.6. The number of rotatable bonds is 9. The SMILES string of the molecule is CCOc1cc(/C=C2\C(=O)N(CCC#N)N=C2C)ccc1OCC(=O)Nc1ccc(C)cc1. The minimum Gasteiger partial charge on any atom is -0.490 e. The molecule has 8 nitrogen and oxygen atoms in total. The van der Waals surface area contributed by atoms with Gasteiger partial charge in [-0.3, -0.25) is 9.59 Å². The molecule has 33 heavy (non-hydrogen) atoms. The van der Waals surface area contributed by atoms with Crippen molar-refractivity contribution < 1.29 is 19.1 Å². The van der Waals surface area contributed by atoms with Crippen LogP contribution in [0, 0.1) is 18.3 Å². The van der Waals surface area contributed by atoms with Gasteiger partial charge in [-0.1, -0.05) is 23.8 Å². The van der Waals surface area contributed by atoms with Crippen molar-refractivity contribution >= 4 is 29.3 Å². The maximum absolute atomic E-state index is 12.6. The van der Waals surface area contributed by atoms with E-state index >= 15 is 0 Å². The van der Waals surface area contributed by atoms with Gasteiger partial charge in [-0.25, -0.2) is 5.01 Å². The zero-order chi connectivity index (χ0) is 23.8. The lowest BCUT2D eigenvalue weighted by atomic mass is 10.1. The summed E-state index contributed by atoms with van der Waals surface area (Å²) in [5.74, 6) is 0.371. The molecule has 1 N–H and O–H groups in total. The van der Waals surface area contributed by atoms with Crippen LogP contribution in [-0.4, -0.2) is 42.3 Å². The van der Waals surface area contributed by atoms with Crippen molar-refractivity contribution in [1.29, 1.82) is 5.26 Å². The highest BCUT2D eigenvalue weighted by Gasteiger charge is 2.27. The van der Waals surface area contributed by atoms with E-state index in [4.69, 9.17) is 14.7 Å². The molecule has 0 aliphatic carbocycles. The zero-order valence-electron chi connectivity index (χ0n) is 18.9. The van der Waals surface area contributed by atoms with Crippen molar-refractivity contribution in [2.75, 3.05) is 25.1 Å². The maximum atomic E-state index is 12.6. The molecule has 0 saturated carbocycles. The standard InChI is InChI=1S/C25H26N4O4/c1-4-32-23-15-19(14-21-18(3)28-29(25(21)31)13-5-12-26)8-11-22(23)33-16-24(30)27-20-9-6-17(2)7-10-20/h6-11,14-15H,4-5,13,16H2,1-3H3,(H,27,30)/b21-14-. The van der Waals surface area contributed by atoms with E-state index in [1.165, 1.54) is 5.01 Å². The Kier molecular flexibility index (Phi) is 7.82. The van der Waals surface area contributed by atoms with E-state index in [0.29, 0.717) is 35.1 Å². The lowest BCUT2D eigenvalue weighted by molar-refractivity contribution is -0.125. The van der Waals surface area contributed by atoms with Gasteiger partial charge in [-0.15, -0.1) is 0 Å². The Bertz CT molecular complexity index is 1130. The lowest BCUT2D eigenvalue weighted by Crippen LogP contribution is -2.23. The smallest absolute Gasteiger partial charge is 0.275 e. The number of carbonyl (C=O) groups is 2. The van der Waals surface area contributed by atoms with Crippen molar-refractivity contribution in [3.63, 3.8) is 0 Å². The molecule has 1 aliphatic rings. The third kappa shape index (κ3) is 6.20. The van der Waals surface area contributed by atoms with Crippen LogP contribution in [0.5, 0.6) is 11.5 Å². The van der Waals surface area contributed by atoms with Gasteiger partial charge >= 0.3 is 0 Å². The van der Waals surface area contributed by atoms with Gasteiger partial charge in [-0.2, -0.15) is 10.4 Å². The Hall–Kier alpha value is -4.12. The largest absolute Gasteiger partial charge is 0.490 e.